The molecular weight excluding hydrogens is 1270 g/mol. The van der Waals surface area contributed by atoms with Crippen LogP contribution in [-0.4, -0.2) is 96.7 Å². The molecule has 0 aliphatic carbocycles. The molecule has 0 amide bonds. The van der Waals surface area contributed by atoms with E-state index in [0.717, 1.165) is 108 Å². The van der Waals surface area contributed by atoms with Gasteiger partial charge in [-0.15, -0.1) is 0 Å². The lowest BCUT2D eigenvalue weighted by molar-refractivity contribution is -0.161. The molecule has 0 saturated heterocycles. The molecule has 576 valence electrons. The smallest absolute Gasteiger partial charge is 0.462 e. The maximum absolute atomic E-state index is 13.1. The van der Waals surface area contributed by atoms with Gasteiger partial charge in [-0.1, -0.05) is 350 Å². The Morgan fingerprint density at radius 1 is 0.278 bits per heavy atom. The first-order valence-corrected chi connectivity index (χ1v) is 43.3. The van der Waals surface area contributed by atoms with Crippen molar-refractivity contribution in [3.63, 3.8) is 0 Å². The molecule has 19 heteroatoms. The van der Waals surface area contributed by atoms with E-state index in [1.165, 1.54) is 212 Å². The standard InChI is InChI=1S/C78H152O17P2/c1-8-9-10-11-12-28-38-45-52-59-75(80)88-65-73(94-77(82)61-54-47-40-33-26-20-14-17-23-30-36-43-50-57-70(4)5)67-92-96(84,85)90-63-72(79)64-91-97(86,87)93-68-74(95-78(83)62-55-48-41-34-27-21-15-18-24-31-37-44-51-58-71(6)7)66-89-76(81)60-53-46-39-32-25-19-13-16-22-29-35-42-49-56-69(2)3/h69-74,79H,8-68H2,1-7H3,(H,84,85)(H,86,87)/t72-,73+,74+/m0/s1. The second-order valence-electron chi connectivity index (χ2n) is 29.5. The minimum absolute atomic E-state index is 0.107. The molecule has 0 radical (unpaired) electrons. The second kappa shape index (κ2) is 68.5. The predicted molar refractivity (Wildman–Crippen MR) is 395 cm³/mol. The van der Waals surface area contributed by atoms with Crippen LogP contribution in [0, 0.1) is 17.8 Å². The largest absolute Gasteiger partial charge is 0.472 e. The van der Waals surface area contributed by atoms with Gasteiger partial charge in [-0.2, -0.15) is 0 Å². The molecule has 2 unspecified atom stereocenters. The summed E-state index contributed by atoms with van der Waals surface area (Å²) in [5.74, 6) is 0.250. The van der Waals surface area contributed by atoms with Crippen molar-refractivity contribution in [3.05, 3.63) is 0 Å². The van der Waals surface area contributed by atoms with Crippen molar-refractivity contribution in [2.24, 2.45) is 17.8 Å². The van der Waals surface area contributed by atoms with E-state index in [-0.39, 0.29) is 25.7 Å². The van der Waals surface area contributed by atoms with Crippen LogP contribution in [-0.2, 0) is 65.4 Å². The van der Waals surface area contributed by atoms with Gasteiger partial charge < -0.3 is 33.8 Å². The molecule has 0 aliphatic heterocycles. The lowest BCUT2D eigenvalue weighted by Gasteiger charge is -2.21. The number of rotatable bonds is 76. The Morgan fingerprint density at radius 3 is 0.701 bits per heavy atom. The first kappa shape index (κ1) is 95.1. The molecule has 0 heterocycles. The Labute approximate surface area is 594 Å². The number of esters is 4. The van der Waals surface area contributed by atoms with Crippen molar-refractivity contribution < 1.29 is 80.2 Å². The Kier molecular flexibility index (Phi) is 67.1. The van der Waals surface area contributed by atoms with Gasteiger partial charge in [0.25, 0.3) is 0 Å². The predicted octanol–water partition coefficient (Wildman–Crippen LogP) is 23.0. The average Bonchev–Trinajstić information content (AvgIpc) is 1.06. The van der Waals surface area contributed by atoms with E-state index in [9.17, 15) is 43.2 Å². The van der Waals surface area contributed by atoms with Gasteiger partial charge in [0, 0.05) is 25.7 Å². The molecule has 5 atom stereocenters. The van der Waals surface area contributed by atoms with E-state index in [1.807, 2.05) is 0 Å². The molecule has 0 aliphatic rings. The Hall–Kier alpha value is -1.94. The molecule has 0 saturated carbocycles. The van der Waals surface area contributed by atoms with Crippen molar-refractivity contribution in [1.29, 1.82) is 0 Å². The highest BCUT2D eigenvalue weighted by Gasteiger charge is 2.30. The molecule has 97 heavy (non-hydrogen) atoms. The van der Waals surface area contributed by atoms with Crippen LogP contribution in [0.15, 0.2) is 0 Å². The summed E-state index contributed by atoms with van der Waals surface area (Å²) >= 11 is 0. The fourth-order valence-electron chi connectivity index (χ4n) is 12.0. The van der Waals surface area contributed by atoms with Crippen LogP contribution < -0.4 is 0 Å². The molecule has 0 bridgehead atoms. The number of hydrogen-bond donors (Lipinski definition) is 3. The fourth-order valence-corrected chi connectivity index (χ4v) is 13.5. The van der Waals surface area contributed by atoms with Gasteiger partial charge in [0.2, 0.25) is 0 Å². The van der Waals surface area contributed by atoms with Crippen LogP contribution >= 0.6 is 15.6 Å². The van der Waals surface area contributed by atoms with Crippen LogP contribution in [0.4, 0.5) is 0 Å². The lowest BCUT2D eigenvalue weighted by Crippen LogP contribution is -2.30. The van der Waals surface area contributed by atoms with Gasteiger partial charge in [-0.05, 0) is 43.4 Å². The highest BCUT2D eigenvalue weighted by atomic mass is 31.2. The highest BCUT2D eigenvalue weighted by molar-refractivity contribution is 7.47. The average molecular weight is 1420 g/mol. The van der Waals surface area contributed by atoms with Crippen LogP contribution in [0.25, 0.3) is 0 Å². The normalized spacial score (nSPS) is 14.0. The Balaban J connectivity index is 5.23. The molecule has 17 nitrogen and oxygen atoms in total. The number of phosphoric ester groups is 2. The molecule has 0 aromatic heterocycles. The number of carbonyl (C=O) groups is 4. The summed E-state index contributed by atoms with van der Waals surface area (Å²) in [6.45, 7) is 12.0. The van der Waals surface area contributed by atoms with Crippen LogP contribution in [0.3, 0.4) is 0 Å². The number of phosphoric acid groups is 2. The van der Waals surface area contributed by atoms with E-state index in [2.05, 4.69) is 48.5 Å². The number of aliphatic hydroxyl groups is 1. The zero-order chi connectivity index (χ0) is 71.6. The summed E-state index contributed by atoms with van der Waals surface area (Å²) < 4.78 is 68.6. The quantitative estimate of drug-likeness (QED) is 0.0222. The van der Waals surface area contributed by atoms with Gasteiger partial charge in [0.15, 0.2) is 12.2 Å². The van der Waals surface area contributed by atoms with Gasteiger partial charge >= 0.3 is 39.5 Å². The van der Waals surface area contributed by atoms with Crippen molar-refractivity contribution in [2.75, 3.05) is 39.6 Å². The second-order valence-corrected chi connectivity index (χ2v) is 32.4. The first-order valence-electron chi connectivity index (χ1n) is 40.3. The Morgan fingerprint density at radius 2 is 0.474 bits per heavy atom. The van der Waals surface area contributed by atoms with Gasteiger partial charge in [0.05, 0.1) is 26.4 Å². The van der Waals surface area contributed by atoms with Gasteiger partial charge in [0.1, 0.15) is 19.3 Å². The summed E-state index contributed by atoms with van der Waals surface area (Å²) in [7, 11) is -9.91. The lowest BCUT2D eigenvalue weighted by atomic mass is 10.0. The van der Waals surface area contributed by atoms with E-state index in [0.29, 0.717) is 25.7 Å². The third-order valence-electron chi connectivity index (χ3n) is 18.1. The summed E-state index contributed by atoms with van der Waals surface area (Å²) in [4.78, 5) is 72.9. The van der Waals surface area contributed by atoms with E-state index in [1.54, 1.807) is 0 Å². The van der Waals surface area contributed by atoms with Crippen LogP contribution in [0.2, 0.25) is 0 Å². The van der Waals surface area contributed by atoms with E-state index in [4.69, 9.17) is 37.0 Å². The maximum Gasteiger partial charge on any atom is 0.472 e. The van der Waals surface area contributed by atoms with E-state index < -0.39 is 97.5 Å². The summed E-state index contributed by atoms with van der Waals surface area (Å²) in [5.41, 5.74) is 0. The van der Waals surface area contributed by atoms with Gasteiger partial charge in [-0.25, -0.2) is 9.13 Å². The van der Waals surface area contributed by atoms with Crippen molar-refractivity contribution in [3.8, 4) is 0 Å². The monoisotopic (exact) mass is 1420 g/mol. The number of ether oxygens (including phenoxy) is 4. The minimum atomic E-state index is -4.96. The zero-order valence-electron chi connectivity index (χ0n) is 63.5. The maximum atomic E-state index is 13.1. The summed E-state index contributed by atoms with van der Waals surface area (Å²) in [6, 6.07) is 0. The number of aliphatic hydroxyl groups excluding tert-OH is 1. The zero-order valence-corrected chi connectivity index (χ0v) is 65.3. The first-order chi connectivity index (χ1) is 46.7. The molecule has 0 fully saturated rings. The molecule has 0 aromatic rings. The third-order valence-corrected chi connectivity index (χ3v) is 20.0. The van der Waals surface area contributed by atoms with Crippen molar-refractivity contribution in [2.45, 2.75) is 420 Å². The molecule has 0 aromatic carbocycles. The molecule has 0 spiro atoms. The minimum Gasteiger partial charge on any atom is -0.462 e. The van der Waals surface area contributed by atoms with Crippen molar-refractivity contribution in [1.82, 2.24) is 0 Å². The Bertz CT molecular complexity index is 1890. The third kappa shape index (κ3) is 72.2. The van der Waals surface area contributed by atoms with Gasteiger partial charge in [-0.3, -0.25) is 37.3 Å². The van der Waals surface area contributed by atoms with Crippen molar-refractivity contribution >= 4 is 39.5 Å². The SMILES string of the molecule is CCCCCCCCCCCC(=O)OC[C@H](COP(=O)(O)OC[C@H](O)COP(=O)(O)OC[C@@H](COC(=O)CCCCCCCCCCCCCCCC(C)C)OC(=O)CCCCCCCCCCCCCCCC(C)C)OC(=O)CCCCCCCCCCCCCCCC(C)C. The fraction of sp³-hybridized carbons (Fsp3) is 0.949. The molecular formula is C78H152O17P2. The molecule has 0 rings (SSSR count). The topological polar surface area (TPSA) is 237 Å². The molecule has 3 N–H and O–H groups in total. The number of unbranched alkanes of at least 4 members (excludes halogenated alkanes) is 44. The van der Waals surface area contributed by atoms with Crippen LogP contribution in [0.5, 0.6) is 0 Å². The highest BCUT2D eigenvalue weighted by Crippen LogP contribution is 2.45. The number of hydrogen-bond acceptors (Lipinski definition) is 15. The summed E-state index contributed by atoms with van der Waals surface area (Å²) in [5, 5.41) is 10.6. The number of carbonyl (C=O) groups excluding carboxylic acids is 4. The summed E-state index contributed by atoms with van der Waals surface area (Å²) in [6.07, 6.45) is 55.4. The van der Waals surface area contributed by atoms with Crippen LogP contribution in [0.1, 0.15) is 402 Å². The van der Waals surface area contributed by atoms with E-state index >= 15 is 0 Å².